The van der Waals surface area contributed by atoms with Crippen LogP contribution in [0.4, 0.5) is 0 Å². The van der Waals surface area contributed by atoms with Gasteiger partial charge in [-0.15, -0.1) is 16.4 Å². The van der Waals surface area contributed by atoms with E-state index in [-0.39, 0.29) is 10.9 Å². The maximum atomic E-state index is 11.7. The molecule has 19 heavy (non-hydrogen) atoms. The van der Waals surface area contributed by atoms with Crippen molar-refractivity contribution >= 4 is 23.1 Å². The van der Waals surface area contributed by atoms with E-state index in [1.807, 2.05) is 6.92 Å². The lowest BCUT2D eigenvalue weighted by Crippen LogP contribution is -2.18. The van der Waals surface area contributed by atoms with Crippen molar-refractivity contribution in [1.29, 1.82) is 0 Å². The van der Waals surface area contributed by atoms with E-state index in [1.165, 1.54) is 10.4 Å². The maximum Gasteiger partial charge on any atom is 0.343 e. The molecule has 0 amide bonds. The molecule has 1 atom stereocenters. The number of hydrogen-bond donors (Lipinski definition) is 2. The minimum Gasteiger partial charge on any atom is -0.329 e. The normalized spacial score (nSPS) is 12.8. The fourth-order valence-corrected chi connectivity index (χ4v) is 4.14. The molecule has 1 unspecified atom stereocenters. The molecule has 0 aromatic carbocycles. The quantitative estimate of drug-likeness (QED) is 0.801. The highest BCUT2D eigenvalue weighted by Crippen LogP contribution is 2.37. The van der Waals surface area contributed by atoms with Gasteiger partial charge in [0.05, 0.1) is 5.25 Å². The van der Waals surface area contributed by atoms with Gasteiger partial charge in [0.2, 0.25) is 0 Å². The Kier molecular flexibility index (Phi) is 4.84. The van der Waals surface area contributed by atoms with E-state index in [0.29, 0.717) is 13.1 Å². The highest BCUT2D eigenvalue weighted by molar-refractivity contribution is 7.99. The molecule has 5 nitrogen and oxygen atoms in total. The van der Waals surface area contributed by atoms with Crippen LogP contribution in [0.15, 0.2) is 21.4 Å². The van der Waals surface area contributed by atoms with E-state index in [2.05, 4.69) is 28.6 Å². The zero-order valence-corrected chi connectivity index (χ0v) is 12.7. The first-order valence-corrected chi connectivity index (χ1v) is 7.99. The number of thiophene rings is 1. The molecular weight excluding hydrogens is 280 g/mol. The molecule has 3 N–H and O–H groups in total. The summed E-state index contributed by atoms with van der Waals surface area (Å²) in [5, 5.41) is 9.54. The third-order valence-electron chi connectivity index (χ3n) is 2.83. The van der Waals surface area contributed by atoms with Crippen LogP contribution in [0.2, 0.25) is 0 Å². The van der Waals surface area contributed by atoms with E-state index in [9.17, 15) is 4.79 Å². The first-order chi connectivity index (χ1) is 9.17. The average molecular weight is 298 g/mol. The summed E-state index contributed by atoms with van der Waals surface area (Å²) in [6.45, 7) is 5.33. The number of H-pyrrole nitrogens is 1. The van der Waals surface area contributed by atoms with Crippen molar-refractivity contribution in [3.05, 3.63) is 32.4 Å². The van der Waals surface area contributed by atoms with Gasteiger partial charge in [0, 0.05) is 18.0 Å². The molecule has 0 fully saturated rings. The number of nitrogens with two attached hydrogens (primary N) is 1. The SMILES string of the molecule is CCCn1c(SC(CN)c2sccc2C)n[nH]c1=O. The number of rotatable bonds is 6. The average Bonchev–Trinajstić information content (AvgIpc) is 2.96. The van der Waals surface area contributed by atoms with Crippen molar-refractivity contribution < 1.29 is 0 Å². The predicted molar refractivity (Wildman–Crippen MR) is 79.8 cm³/mol. The monoisotopic (exact) mass is 298 g/mol. The van der Waals surface area contributed by atoms with Crippen LogP contribution in [-0.4, -0.2) is 21.3 Å². The maximum absolute atomic E-state index is 11.7. The molecule has 0 saturated heterocycles. The predicted octanol–water partition coefficient (Wildman–Crippen LogP) is 2.14. The summed E-state index contributed by atoms with van der Waals surface area (Å²) >= 11 is 3.26. The number of nitrogens with zero attached hydrogens (tertiary/aromatic N) is 2. The van der Waals surface area contributed by atoms with Crippen molar-refractivity contribution in [3.8, 4) is 0 Å². The largest absolute Gasteiger partial charge is 0.343 e. The van der Waals surface area contributed by atoms with Gasteiger partial charge in [0.1, 0.15) is 0 Å². The van der Waals surface area contributed by atoms with Gasteiger partial charge in [-0.25, -0.2) is 9.89 Å². The Morgan fingerprint density at radius 1 is 1.63 bits per heavy atom. The Morgan fingerprint density at radius 2 is 2.42 bits per heavy atom. The number of aromatic amines is 1. The van der Waals surface area contributed by atoms with Crippen LogP contribution in [0.5, 0.6) is 0 Å². The number of thioether (sulfide) groups is 1. The lowest BCUT2D eigenvalue weighted by Gasteiger charge is -2.13. The lowest BCUT2D eigenvalue weighted by atomic mass is 10.2. The second-order valence-electron chi connectivity index (χ2n) is 4.27. The molecule has 0 aliphatic carbocycles. The number of hydrogen-bond acceptors (Lipinski definition) is 5. The van der Waals surface area contributed by atoms with Gasteiger partial charge in [-0.1, -0.05) is 18.7 Å². The van der Waals surface area contributed by atoms with Crippen LogP contribution in [0.25, 0.3) is 0 Å². The Hall–Kier alpha value is -1.05. The van der Waals surface area contributed by atoms with E-state index >= 15 is 0 Å². The van der Waals surface area contributed by atoms with Gasteiger partial charge in [0.15, 0.2) is 5.16 Å². The minimum atomic E-state index is -0.150. The molecule has 0 bridgehead atoms. The van der Waals surface area contributed by atoms with E-state index < -0.39 is 0 Å². The van der Waals surface area contributed by atoms with Crippen molar-refractivity contribution in [3.63, 3.8) is 0 Å². The molecule has 7 heteroatoms. The molecule has 2 rings (SSSR count). The van der Waals surface area contributed by atoms with E-state index in [4.69, 9.17) is 5.73 Å². The third kappa shape index (κ3) is 3.10. The molecule has 0 saturated carbocycles. The smallest absolute Gasteiger partial charge is 0.329 e. The molecule has 0 spiro atoms. The second-order valence-corrected chi connectivity index (χ2v) is 6.39. The standard InChI is InChI=1S/C12H18N4OS2/c1-3-5-16-11(17)14-15-12(16)19-9(7-13)10-8(2)4-6-18-10/h4,6,9H,3,5,7,13H2,1-2H3,(H,14,17). The van der Waals surface area contributed by atoms with Gasteiger partial charge in [-0.05, 0) is 30.4 Å². The molecule has 2 aromatic rings. The summed E-state index contributed by atoms with van der Waals surface area (Å²) in [5.74, 6) is 0. The summed E-state index contributed by atoms with van der Waals surface area (Å²) in [7, 11) is 0. The Bertz CT molecular complexity index is 587. The highest BCUT2D eigenvalue weighted by Gasteiger charge is 2.19. The summed E-state index contributed by atoms with van der Waals surface area (Å²) in [6, 6.07) is 2.09. The van der Waals surface area contributed by atoms with Gasteiger partial charge < -0.3 is 5.73 Å². The molecule has 0 aliphatic heterocycles. The zero-order valence-electron chi connectivity index (χ0n) is 11.0. The summed E-state index contributed by atoms with van der Waals surface area (Å²) in [4.78, 5) is 12.9. The molecule has 2 aromatic heterocycles. The van der Waals surface area contributed by atoms with E-state index in [0.717, 1.165) is 11.6 Å². The highest BCUT2D eigenvalue weighted by atomic mass is 32.2. The molecule has 0 radical (unpaired) electrons. The third-order valence-corrected chi connectivity index (χ3v) is 5.34. The minimum absolute atomic E-state index is 0.144. The fourth-order valence-electron chi connectivity index (χ4n) is 1.86. The Labute approximate surface area is 120 Å². The summed E-state index contributed by atoms with van der Waals surface area (Å²) in [6.07, 6.45) is 0.901. The van der Waals surface area contributed by atoms with Crippen LogP contribution in [0.3, 0.4) is 0 Å². The second kappa shape index (κ2) is 6.40. The number of aryl methyl sites for hydroxylation is 1. The first-order valence-electron chi connectivity index (χ1n) is 6.23. The van der Waals surface area contributed by atoms with Crippen LogP contribution >= 0.6 is 23.1 Å². The topological polar surface area (TPSA) is 76.7 Å². The Morgan fingerprint density at radius 3 is 3.00 bits per heavy atom. The van der Waals surface area contributed by atoms with Gasteiger partial charge >= 0.3 is 5.69 Å². The number of nitrogens with one attached hydrogen (secondary N) is 1. The van der Waals surface area contributed by atoms with Crippen molar-refractivity contribution in [2.24, 2.45) is 5.73 Å². The molecule has 2 heterocycles. The first kappa shape index (κ1) is 14.4. The van der Waals surface area contributed by atoms with Crippen molar-refractivity contribution in [1.82, 2.24) is 14.8 Å². The lowest BCUT2D eigenvalue weighted by molar-refractivity contribution is 0.602. The van der Waals surface area contributed by atoms with Gasteiger partial charge in [-0.2, -0.15) is 0 Å². The summed E-state index contributed by atoms with van der Waals surface area (Å²) < 4.78 is 1.68. The van der Waals surface area contributed by atoms with Crippen molar-refractivity contribution in [2.45, 2.75) is 37.2 Å². The van der Waals surface area contributed by atoms with Gasteiger partial charge in [0.25, 0.3) is 0 Å². The Balaban J connectivity index is 2.24. The van der Waals surface area contributed by atoms with Crippen LogP contribution in [-0.2, 0) is 6.54 Å². The summed E-state index contributed by atoms with van der Waals surface area (Å²) in [5.41, 5.74) is 6.97. The molecule has 0 aliphatic rings. The van der Waals surface area contributed by atoms with Crippen LogP contribution in [0.1, 0.15) is 29.0 Å². The van der Waals surface area contributed by atoms with Gasteiger partial charge in [-0.3, -0.25) is 4.57 Å². The van der Waals surface area contributed by atoms with Crippen molar-refractivity contribution in [2.75, 3.05) is 6.54 Å². The van der Waals surface area contributed by atoms with E-state index in [1.54, 1.807) is 27.7 Å². The number of aromatic nitrogens is 3. The molecular formula is C12H18N4OS2. The fraction of sp³-hybridized carbons (Fsp3) is 0.500. The zero-order chi connectivity index (χ0) is 13.8. The van der Waals surface area contributed by atoms with Crippen LogP contribution in [0, 0.1) is 6.92 Å². The van der Waals surface area contributed by atoms with Crippen LogP contribution < -0.4 is 11.4 Å². The molecule has 104 valence electrons.